The predicted molar refractivity (Wildman–Crippen MR) is 55.8 cm³/mol. The van der Waals surface area contributed by atoms with Crippen molar-refractivity contribution in [1.29, 1.82) is 0 Å². The van der Waals surface area contributed by atoms with Gasteiger partial charge in [0.25, 0.3) is 0 Å². The van der Waals surface area contributed by atoms with E-state index in [2.05, 4.69) is 18.5 Å². The summed E-state index contributed by atoms with van der Waals surface area (Å²) in [5.74, 6) is 0.455. The first-order valence-corrected chi connectivity index (χ1v) is 4.17. The van der Waals surface area contributed by atoms with Crippen LogP contribution in [-0.4, -0.2) is 11.3 Å². The zero-order valence-electron chi connectivity index (χ0n) is 7.64. The standard InChI is InChI=1S/C11H13NO/c1-9-5-3-7-11(13)10(2)12-8-4-6-9/h3-9,13H,2H2,1H3/b5-3-,6-4-,11-7?,12-8?. The van der Waals surface area contributed by atoms with Crippen molar-refractivity contribution in [3.8, 4) is 0 Å². The van der Waals surface area contributed by atoms with E-state index in [1.807, 2.05) is 18.2 Å². The molecule has 0 bridgehead atoms. The lowest BCUT2D eigenvalue weighted by molar-refractivity contribution is 0.423. The van der Waals surface area contributed by atoms with Crippen LogP contribution in [0.4, 0.5) is 0 Å². The van der Waals surface area contributed by atoms with E-state index in [1.165, 1.54) is 0 Å². The first kappa shape index (κ1) is 9.52. The molecule has 13 heavy (non-hydrogen) atoms. The third-order valence-corrected chi connectivity index (χ3v) is 1.70. The highest BCUT2D eigenvalue weighted by atomic mass is 16.3. The summed E-state index contributed by atoms with van der Waals surface area (Å²) in [6.07, 6.45) is 10.9. The molecule has 0 radical (unpaired) electrons. The summed E-state index contributed by atoms with van der Waals surface area (Å²) >= 11 is 0. The average Bonchev–Trinajstić information content (AvgIpc) is 2.11. The number of aliphatic hydroxyl groups excluding tert-OH is 1. The van der Waals surface area contributed by atoms with Gasteiger partial charge in [-0.2, -0.15) is 0 Å². The van der Waals surface area contributed by atoms with E-state index in [0.717, 1.165) is 0 Å². The second kappa shape index (κ2) is 4.45. The number of aliphatic hydroxyl groups is 1. The number of aliphatic imine (C=N–C) groups is 1. The maximum absolute atomic E-state index is 9.36. The van der Waals surface area contributed by atoms with E-state index >= 15 is 0 Å². The highest BCUT2D eigenvalue weighted by Gasteiger charge is 1.95. The quantitative estimate of drug-likeness (QED) is 0.603. The van der Waals surface area contributed by atoms with Crippen LogP contribution in [0.15, 0.2) is 53.4 Å². The third-order valence-electron chi connectivity index (χ3n) is 1.70. The van der Waals surface area contributed by atoms with E-state index in [4.69, 9.17) is 0 Å². The monoisotopic (exact) mass is 175 g/mol. The lowest BCUT2D eigenvalue weighted by atomic mass is 10.1. The van der Waals surface area contributed by atoms with Gasteiger partial charge in [-0.15, -0.1) is 0 Å². The van der Waals surface area contributed by atoms with E-state index in [-0.39, 0.29) is 5.76 Å². The number of hydrogen-bond acceptors (Lipinski definition) is 2. The normalized spacial score (nSPS) is 27.9. The summed E-state index contributed by atoms with van der Waals surface area (Å²) in [5, 5.41) is 9.36. The largest absolute Gasteiger partial charge is 0.506 e. The van der Waals surface area contributed by atoms with Gasteiger partial charge in [-0.3, -0.25) is 4.99 Å². The van der Waals surface area contributed by atoms with Gasteiger partial charge < -0.3 is 5.11 Å². The molecule has 0 aromatic rings. The fourth-order valence-corrected chi connectivity index (χ4v) is 0.906. The Balaban J connectivity index is 2.89. The summed E-state index contributed by atoms with van der Waals surface area (Å²) in [6, 6.07) is 0. The molecule has 1 heterocycles. The van der Waals surface area contributed by atoms with Crippen molar-refractivity contribution in [2.24, 2.45) is 10.9 Å². The maximum atomic E-state index is 9.36. The fraction of sp³-hybridized carbons (Fsp3) is 0.182. The van der Waals surface area contributed by atoms with Crippen LogP contribution in [0.5, 0.6) is 0 Å². The first-order chi connectivity index (χ1) is 6.20. The van der Waals surface area contributed by atoms with Crippen LogP contribution in [0.1, 0.15) is 6.92 Å². The van der Waals surface area contributed by atoms with Crippen LogP contribution < -0.4 is 0 Å². The van der Waals surface area contributed by atoms with Gasteiger partial charge in [0.2, 0.25) is 0 Å². The molecule has 0 saturated heterocycles. The van der Waals surface area contributed by atoms with Crippen molar-refractivity contribution < 1.29 is 5.11 Å². The molecule has 1 unspecified atom stereocenters. The van der Waals surface area contributed by atoms with E-state index < -0.39 is 0 Å². The SMILES string of the molecule is C=C1N=C/C=C\C(C)/C=C\C=C1O. The Bertz CT molecular complexity index is 308. The maximum Gasteiger partial charge on any atom is 0.140 e. The van der Waals surface area contributed by atoms with Gasteiger partial charge in [0, 0.05) is 6.21 Å². The van der Waals surface area contributed by atoms with E-state index in [0.29, 0.717) is 11.6 Å². The lowest BCUT2D eigenvalue weighted by Crippen LogP contribution is -1.87. The van der Waals surface area contributed by atoms with Crippen LogP contribution in [0.25, 0.3) is 0 Å². The molecule has 1 aliphatic heterocycles. The van der Waals surface area contributed by atoms with Crippen LogP contribution >= 0.6 is 0 Å². The molecule has 0 aromatic carbocycles. The smallest absolute Gasteiger partial charge is 0.140 e. The Morgan fingerprint density at radius 3 is 2.85 bits per heavy atom. The van der Waals surface area contributed by atoms with Gasteiger partial charge in [0.1, 0.15) is 5.76 Å². The minimum atomic E-state index is 0.106. The zero-order valence-corrected chi connectivity index (χ0v) is 7.64. The van der Waals surface area contributed by atoms with Crippen molar-refractivity contribution in [2.45, 2.75) is 6.92 Å². The molecule has 1 aliphatic rings. The molecule has 2 nitrogen and oxygen atoms in total. The van der Waals surface area contributed by atoms with Gasteiger partial charge in [-0.05, 0) is 18.1 Å². The van der Waals surface area contributed by atoms with Crippen molar-refractivity contribution in [3.05, 3.63) is 48.4 Å². The van der Waals surface area contributed by atoms with E-state index in [1.54, 1.807) is 18.4 Å². The third kappa shape index (κ3) is 3.11. The Hall–Kier alpha value is -1.57. The Morgan fingerprint density at radius 1 is 1.38 bits per heavy atom. The van der Waals surface area contributed by atoms with Crippen LogP contribution in [-0.2, 0) is 0 Å². The fourth-order valence-electron chi connectivity index (χ4n) is 0.906. The Kier molecular flexibility index (Phi) is 3.26. The Labute approximate surface area is 78.3 Å². The molecule has 0 amide bonds. The minimum absolute atomic E-state index is 0.106. The van der Waals surface area contributed by atoms with Crippen molar-refractivity contribution in [2.75, 3.05) is 0 Å². The molecule has 1 rings (SSSR count). The number of allylic oxidation sites excluding steroid dienone is 5. The highest BCUT2D eigenvalue weighted by molar-refractivity contribution is 5.72. The highest BCUT2D eigenvalue weighted by Crippen LogP contribution is 2.07. The molecule has 2 heteroatoms. The van der Waals surface area contributed by atoms with Crippen molar-refractivity contribution >= 4 is 6.21 Å². The molecule has 1 atom stereocenters. The van der Waals surface area contributed by atoms with Gasteiger partial charge in [-0.1, -0.05) is 31.7 Å². The van der Waals surface area contributed by atoms with Crippen LogP contribution in [0, 0.1) is 5.92 Å². The molecule has 68 valence electrons. The second-order valence-electron chi connectivity index (χ2n) is 2.91. The summed E-state index contributed by atoms with van der Waals surface area (Å²) in [5.41, 5.74) is 0.379. The van der Waals surface area contributed by atoms with Crippen molar-refractivity contribution in [1.82, 2.24) is 0 Å². The summed E-state index contributed by atoms with van der Waals surface area (Å²) < 4.78 is 0. The minimum Gasteiger partial charge on any atom is -0.506 e. The van der Waals surface area contributed by atoms with Gasteiger partial charge >= 0.3 is 0 Å². The molecule has 0 saturated carbocycles. The molecule has 0 aliphatic carbocycles. The Morgan fingerprint density at radius 2 is 2.08 bits per heavy atom. The predicted octanol–water partition coefficient (Wildman–Crippen LogP) is 2.77. The summed E-state index contributed by atoms with van der Waals surface area (Å²) in [6.45, 7) is 5.66. The van der Waals surface area contributed by atoms with Crippen LogP contribution in [0.3, 0.4) is 0 Å². The number of nitrogens with zero attached hydrogens (tertiary/aromatic N) is 1. The average molecular weight is 175 g/mol. The van der Waals surface area contributed by atoms with Crippen molar-refractivity contribution in [3.63, 3.8) is 0 Å². The van der Waals surface area contributed by atoms with E-state index in [9.17, 15) is 5.11 Å². The summed E-state index contributed by atoms with van der Waals surface area (Å²) in [4.78, 5) is 3.94. The molecule has 0 aromatic heterocycles. The van der Waals surface area contributed by atoms with Gasteiger partial charge in [0.15, 0.2) is 0 Å². The molecule has 1 N–H and O–H groups in total. The van der Waals surface area contributed by atoms with Gasteiger partial charge in [0.05, 0.1) is 5.70 Å². The topological polar surface area (TPSA) is 32.6 Å². The zero-order chi connectivity index (χ0) is 9.68. The lowest BCUT2D eigenvalue weighted by Gasteiger charge is -1.99. The van der Waals surface area contributed by atoms with Crippen LogP contribution in [0.2, 0.25) is 0 Å². The number of hydrogen-bond donors (Lipinski definition) is 1. The second-order valence-corrected chi connectivity index (χ2v) is 2.91. The molecular weight excluding hydrogens is 162 g/mol. The molecular formula is C11H13NO. The molecule has 0 spiro atoms. The number of rotatable bonds is 0. The van der Waals surface area contributed by atoms with Gasteiger partial charge in [-0.25, -0.2) is 0 Å². The molecule has 0 fully saturated rings. The first-order valence-electron chi connectivity index (χ1n) is 4.17. The summed E-state index contributed by atoms with van der Waals surface area (Å²) in [7, 11) is 0.